The molecule has 0 saturated carbocycles. The summed E-state index contributed by atoms with van der Waals surface area (Å²) < 4.78 is 1.61. The Bertz CT molecular complexity index is 489. The van der Waals surface area contributed by atoms with Crippen LogP contribution in [0.2, 0.25) is 0 Å². The Kier molecular flexibility index (Phi) is 3.20. The van der Waals surface area contributed by atoms with Crippen molar-refractivity contribution < 1.29 is 4.79 Å². The van der Waals surface area contributed by atoms with Gasteiger partial charge in [-0.25, -0.2) is 0 Å². The van der Waals surface area contributed by atoms with Crippen molar-refractivity contribution in [1.82, 2.24) is 25.3 Å². The lowest BCUT2D eigenvalue weighted by atomic mass is 10.1. The number of aromatic nitrogens is 4. The number of rotatable bonds is 4. The van der Waals surface area contributed by atoms with Crippen molar-refractivity contribution in [1.29, 1.82) is 0 Å². The third-order valence-corrected chi connectivity index (χ3v) is 2.38. The number of nitrogens with two attached hydrogens (primary N) is 1. The largest absolute Gasteiger partial charge is 0.349 e. The summed E-state index contributed by atoms with van der Waals surface area (Å²) in [6.07, 6.45) is 4.93. The van der Waals surface area contributed by atoms with Gasteiger partial charge in [0.25, 0.3) is 0 Å². The molecular formula is C10H14N6O. The SMILES string of the molecule is Cn1cc(C(N)C(=O)NCc2ccn[nH]2)cn1. The number of aromatic amines is 1. The van der Waals surface area contributed by atoms with Crippen LogP contribution in [0.5, 0.6) is 0 Å². The fourth-order valence-corrected chi connectivity index (χ4v) is 1.43. The minimum Gasteiger partial charge on any atom is -0.349 e. The minimum atomic E-state index is -0.702. The van der Waals surface area contributed by atoms with E-state index in [1.54, 1.807) is 36.4 Å². The lowest BCUT2D eigenvalue weighted by molar-refractivity contribution is -0.122. The maximum absolute atomic E-state index is 11.7. The third-order valence-electron chi connectivity index (χ3n) is 2.38. The molecule has 0 aliphatic heterocycles. The monoisotopic (exact) mass is 234 g/mol. The average molecular weight is 234 g/mol. The van der Waals surface area contributed by atoms with Gasteiger partial charge in [-0.05, 0) is 6.07 Å². The maximum Gasteiger partial charge on any atom is 0.241 e. The summed E-state index contributed by atoms with van der Waals surface area (Å²) >= 11 is 0. The second kappa shape index (κ2) is 4.79. The molecule has 1 unspecified atom stereocenters. The van der Waals surface area contributed by atoms with Crippen molar-refractivity contribution in [3.63, 3.8) is 0 Å². The zero-order valence-corrected chi connectivity index (χ0v) is 9.42. The summed E-state index contributed by atoms with van der Waals surface area (Å²) in [5.41, 5.74) is 7.32. The molecule has 0 fully saturated rings. The summed E-state index contributed by atoms with van der Waals surface area (Å²) in [5, 5.41) is 13.2. The Hall–Kier alpha value is -2.15. The molecule has 7 nitrogen and oxygen atoms in total. The number of amides is 1. The normalized spacial score (nSPS) is 12.4. The molecule has 0 saturated heterocycles. The Morgan fingerprint density at radius 1 is 1.71 bits per heavy atom. The number of carbonyl (C=O) groups is 1. The van der Waals surface area contributed by atoms with E-state index < -0.39 is 6.04 Å². The highest BCUT2D eigenvalue weighted by atomic mass is 16.2. The number of hydrogen-bond acceptors (Lipinski definition) is 4. The van der Waals surface area contributed by atoms with E-state index in [0.29, 0.717) is 12.1 Å². The highest BCUT2D eigenvalue weighted by Crippen LogP contribution is 2.08. The van der Waals surface area contributed by atoms with Gasteiger partial charge in [-0.1, -0.05) is 0 Å². The number of nitrogens with zero attached hydrogens (tertiary/aromatic N) is 3. The number of H-pyrrole nitrogens is 1. The Morgan fingerprint density at radius 2 is 2.53 bits per heavy atom. The van der Waals surface area contributed by atoms with E-state index in [2.05, 4.69) is 20.6 Å². The molecule has 2 rings (SSSR count). The molecule has 0 radical (unpaired) electrons. The highest BCUT2D eigenvalue weighted by molar-refractivity contribution is 5.82. The number of nitrogens with one attached hydrogen (secondary N) is 2. The molecule has 4 N–H and O–H groups in total. The summed E-state index contributed by atoms with van der Waals surface area (Å²) in [5.74, 6) is -0.243. The fraction of sp³-hybridized carbons (Fsp3) is 0.300. The van der Waals surface area contributed by atoms with Crippen LogP contribution >= 0.6 is 0 Å². The average Bonchev–Trinajstić information content (AvgIpc) is 2.95. The van der Waals surface area contributed by atoms with Crippen LogP contribution in [0.25, 0.3) is 0 Å². The van der Waals surface area contributed by atoms with Gasteiger partial charge in [-0.15, -0.1) is 0 Å². The first-order valence-electron chi connectivity index (χ1n) is 5.17. The molecule has 90 valence electrons. The van der Waals surface area contributed by atoms with Crippen molar-refractivity contribution in [3.8, 4) is 0 Å². The molecule has 0 bridgehead atoms. The highest BCUT2D eigenvalue weighted by Gasteiger charge is 2.16. The fourth-order valence-electron chi connectivity index (χ4n) is 1.43. The van der Waals surface area contributed by atoms with E-state index >= 15 is 0 Å². The molecule has 2 aromatic rings. The predicted octanol–water partition coefficient (Wildman–Crippen LogP) is -0.541. The standard InChI is InChI=1S/C10H14N6O/c1-16-6-7(4-14-16)9(11)10(17)12-5-8-2-3-13-15-8/h2-4,6,9H,5,11H2,1H3,(H,12,17)(H,13,15). The molecule has 0 aromatic carbocycles. The quantitative estimate of drug-likeness (QED) is 0.661. The number of hydrogen-bond donors (Lipinski definition) is 3. The molecule has 1 atom stereocenters. The van der Waals surface area contributed by atoms with E-state index in [-0.39, 0.29) is 5.91 Å². The second-order valence-corrected chi connectivity index (χ2v) is 3.72. The van der Waals surface area contributed by atoms with Crippen molar-refractivity contribution in [2.75, 3.05) is 0 Å². The molecule has 17 heavy (non-hydrogen) atoms. The Morgan fingerprint density at radius 3 is 3.12 bits per heavy atom. The van der Waals surface area contributed by atoms with Crippen molar-refractivity contribution >= 4 is 5.91 Å². The molecule has 0 aliphatic rings. The van der Waals surface area contributed by atoms with Crippen LogP contribution in [-0.4, -0.2) is 25.9 Å². The molecule has 2 heterocycles. The first-order chi connectivity index (χ1) is 8.16. The zero-order valence-electron chi connectivity index (χ0n) is 9.42. The molecule has 0 aliphatic carbocycles. The smallest absolute Gasteiger partial charge is 0.241 e. The molecule has 1 amide bonds. The first kappa shape index (κ1) is 11.3. The maximum atomic E-state index is 11.7. The molecule has 2 aromatic heterocycles. The van der Waals surface area contributed by atoms with Crippen molar-refractivity contribution in [2.45, 2.75) is 12.6 Å². The van der Waals surface area contributed by atoms with Crippen LogP contribution in [0.3, 0.4) is 0 Å². The topological polar surface area (TPSA) is 102 Å². The van der Waals surface area contributed by atoms with Gasteiger partial charge in [-0.3, -0.25) is 14.6 Å². The van der Waals surface area contributed by atoms with Gasteiger partial charge in [0.05, 0.1) is 18.4 Å². The van der Waals surface area contributed by atoms with Crippen molar-refractivity contribution in [2.24, 2.45) is 12.8 Å². The van der Waals surface area contributed by atoms with Crippen LogP contribution in [0.1, 0.15) is 17.3 Å². The van der Waals surface area contributed by atoms with Gasteiger partial charge in [-0.2, -0.15) is 10.2 Å². The van der Waals surface area contributed by atoms with Gasteiger partial charge in [0, 0.05) is 25.0 Å². The van der Waals surface area contributed by atoms with Crippen LogP contribution < -0.4 is 11.1 Å². The van der Waals surface area contributed by atoms with E-state index in [1.165, 1.54) is 0 Å². The van der Waals surface area contributed by atoms with Crippen molar-refractivity contribution in [3.05, 3.63) is 35.9 Å². The first-order valence-corrected chi connectivity index (χ1v) is 5.17. The summed E-state index contributed by atoms with van der Waals surface area (Å²) in [7, 11) is 1.78. The van der Waals surface area contributed by atoms with Gasteiger partial charge < -0.3 is 11.1 Å². The Labute approximate surface area is 98.0 Å². The molecule has 7 heteroatoms. The van der Waals surface area contributed by atoms with Gasteiger partial charge >= 0.3 is 0 Å². The van der Waals surface area contributed by atoms with Gasteiger partial charge in [0.2, 0.25) is 5.91 Å². The van der Waals surface area contributed by atoms with E-state index in [4.69, 9.17) is 5.73 Å². The summed E-state index contributed by atoms with van der Waals surface area (Å²) in [6.45, 7) is 0.382. The van der Waals surface area contributed by atoms with Crippen LogP contribution in [-0.2, 0) is 18.4 Å². The molecular weight excluding hydrogens is 220 g/mol. The minimum absolute atomic E-state index is 0.243. The predicted molar refractivity (Wildman–Crippen MR) is 60.6 cm³/mol. The number of carbonyl (C=O) groups excluding carboxylic acids is 1. The lowest BCUT2D eigenvalue weighted by Crippen LogP contribution is -2.33. The van der Waals surface area contributed by atoms with E-state index in [0.717, 1.165) is 5.69 Å². The molecule has 0 spiro atoms. The zero-order chi connectivity index (χ0) is 12.3. The van der Waals surface area contributed by atoms with Crippen LogP contribution in [0.4, 0.5) is 0 Å². The van der Waals surface area contributed by atoms with Crippen LogP contribution in [0, 0.1) is 0 Å². The Balaban J connectivity index is 1.91. The lowest BCUT2D eigenvalue weighted by Gasteiger charge is -2.09. The van der Waals surface area contributed by atoms with E-state index in [9.17, 15) is 4.79 Å². The van der Waals surface area contributed by atoms with Crippen LogP contribution in [0.15, 0.2) is 24.7 Å². The summed E-state index contributed by atoms with van der Waals surface area (Å²) in [6, 6.07) is 1.09. The third kappa shape index (κ3) is 2.70. The van der Waals surface area contributed by atoms with Gasteiger partial charge in [0.1, 0.15) is 6.04 Å². The summed E-state index contributed by atoms with van der Waals surface area (Å²) in [4.78, 5) is 11.7. The number of aryl methyl sites for hydroxylation is 1. The second-order valence-electron chi connectivity index (χ2n) is 3.72. The van der Waals surface area contributed by atoms with E-state index in [1.807, 2.05) is 0 Å². The van der Waals surface area contributed by atoms with Gasteiger partial charge in [0.15, 0.2) is 0 Å².